The number of carbonyl (C=O) groups excluding carboxylic acids is 1. The molecule has 2 aliphatic heterocycles. The Kier molecular flexibility index (Phi) is 6.62. The largest absolute Gasteiger partial charge is 0.396 e. The van der Waals surface area contributed by atoms with Crippen molar-refractivity contribution >= 4 is 5.91 Å². The lowest BCUT2D eigenvalue weighted by atomic mass is 9.86. The van der Waals surface area contributed by atoms with E-state index >= 15 is 0 Å². The first kappa shape index (κ1) is 19.3. The van der Waals surface area contributed by atoms with Gasteiger partial charge in [0.1, 0.15) is 5.82 Å². The molecule has 5 nitrogen and oxygen atoms in total. The van der Waals surface area contributed by atoms with Gasteiger partial charge >= 0.3 is 0 Å². The van der Waals surface area contributed by atoms with E-state index in [-0.39, 0.29) is 18.3 Å². The van der Waals surface area contributed by atoms with Gasteiger partial charge in [0.15, 0.2) is 0 Å². The molecule has 0 aliphatic carbocycles. The molecule has 1 aromatic rings. The van der Waals surface area contributed by atoms with E-state index in [0.29, 0.717) is 36.2 Å². The number of carbonyl (C=O) groups is 1. The molecule has 2 fully saturated rings. The molecule has 0 spiro atoms. The van der Waals surface area contributed by atoms with E-state index in [1.54, 1.807) is 13.0 Å². The second-order valence-corrected chi connectivity index (χ2v) is 7.34. The minimum atomic E-state index is -0.314. The molecule has 144 valence electrons. The van der Waals surface area contributed by atoms with Crippen LogP contribution in [0.5, 0.6) is 0 Å². The first-order valence-electron chi connectivity index (χ1n) is 9.58. The third-order valence-corrected chi connectivity index (χ3v) is 5.65. The number of aliphatic hydroxyl groups is 1. The fourth-order valence-corrected chi connectivity index (χ4v) is 4.27. The van der Waals surface area contributed by atoms with Crippen LogP contribution in [-0.2, 0) is 4.74 Å². The Morgan fingerprint density at radius 2 is 2.08 bits per heavy atom. The molecule has 2 saturated heterocycles. The van der Waals surface area contributed by atoms with Crippen molar-refractivity contribution in [2.45, 2.75) is 32.2 Å². The highest BCUT2D eigenvalue weighted by Crippen LogP contribution is 2.28. The molecule has 0 saturated carbocycles. The minimum Gasteiger partial charge on any atom is -0.396 e. The van der Waals surface area contributed by atoms with E-state index in [1.807, 2.05) is 4.90 Å². The van der Waals surface area contributed by atoms with Crippen molar-refractivity contribution in [2.75, 3.05) is 46.0 Å². The summed E-state index contributed by atoms with van der Waals surface area (Å²) in [5.41, 5.74) is 1.26. The summed E-state index contributed by atoms with van der Waals surface area (Å²) in [6.07, 6.45) is 2.59. The molecule has 0 unspecified atom stereocenters. The van der Waals surface area contributed by atoms with E-state index in [4.69, 9.17) is 4.74 Å². The van der Waals surface area contributed by atoms with Gasteiger partial charge in [-0.25, -0.2) is 4.39 Å². The number of hydrogen-bond donors (Lipinski definition) is 1. The second-order valence-electron chi connectivity index (χ2n) is 7.34. The maximum atomic E-state index is 13.3. The van der Waals surface area contributed by atoms with E-state index in [2.05, 4.69) is 4.90 Å². The van der Waals surface area contributed by atoms with E-state index in [9.17, 15) is 14.3 Å². The molecular formula is C20H29FN2O3. The van der Waals surface area contributed by atoms with Gasteiger partial charge in [0.25, 0.3) is 5.91 Å². The normalized spacial score (nSPS) is 24.7. The van der Waals surface area contributed by atoms with Crippen molar-refractivity contribution in [1.82, 2.24) is 9.80 Å². The van der Waals surface area contributed by atoms with Crippen molar-refractivity contribution in [3.63, 3.8) is 0 Å². The fourth-order valence-electron chi connectivity index (χ4n) is 4.27. The van der Waals surface area contributed by atoms with Crippen LogP contribution in [0.4, 0.5) is 4.39 Å². The van der Waals surface area contributed by atoms with Crippen molar-refractivity contribution in [1.29, 1.82) is 0 Å². The number of ether oxygens (including phenoxy) is 1. The number of piperidine rings is 1. The Bertz CT molecular complexity index is 619. The fraction of sp³-hybridized carbons (Fsp3) is 0.650. The summed E-state index contributed by atoms with van der Waals surface area (Å²) in [6, 6.07) is 4.79. The van der Waals surface area contributed by atoms with Gasteiger partial charge in [-0.15, -0.1) is 0 Å². The smallest absolute Gasteiger partial charge is 0.254 e. The summed E-state index contributed by atoms with van der Waals surface area (Å²) < 4.78 is 18.8. The van der Waals surface area contributed by atoms with Crippen LogP contribution in [0.3, 0.4) is 0 Å². The lowest BCUT2D eigenvalue weighted by molar-refractivity contribution is -0.0196. The van der Waals surface area contributed by atoms with Gasteiger partial charge < -0.3 is 14.7 Å². The number of aliphatic hydroxyl groups excluding tert-OH is 1. The van der Waals surface area contributed by atoms with Crippen LogP contribution in [0.2, 0.25) is 0 Å². The van der Waals surface area contributed by atoms with Gasteiger partial charge in [-0.05, 0) is 55.9 Å². The van der Waals surface area contributed by atoms with Gasteiger partial charge in [0.2, 0.25) is 0 Å². The SMILES string of the molecule is Cc1cc(F)ccc1C(=O)N1CC[C@H](N2CCOCC2)[C@H](CCCO)C1. The molecule has 1 aromatic carbocycles. The molecule has 1 amide bonds. The maximum absolute atomic E-state index is 13.3. The third kappa shape index (κ3) is 4.42. The number of nitrogens with zero attached hydrogens (tertiary/aromatic N) is 2. The van der Waals surface area contributed by atoms with Gasteiger partial charge in [0.05, 0.1) is 13.2 Å². The molecule has 0 bridgehead atoms. The second kappa shape index (κ2) is 8.93. The topological polar surface area (TPSA) is 53.0 Å². The Morgan fingerprint density at radius 3 is 2.77 bits per heavy atom. The zero-order valence-corrected chi connectivity index (χ0v) is 15.5. The number of aryl methyl sites for hydroxylation is 1. The van der Waals surface area contributed by atoms with Crippen LogP contribution in [0.1, 0.15) is 35.2 Å². The maximum Gasteiger partial charge on any atom is 0.254 e. The molecule has 2 atom stereocenters. The number of morpholine rings is 1. The molecule has 1 N–H and O–H groups in total. The average molecular weight is 364 g/mol. The minimum absolute atomic E-state index is 0.0167. The van der Waals surface area contributed by atoms with Crippen LogP contribution in [-0.4, -0.2) is 72.9 Å². The highest BCUT2D eigenvalue weighted by molar-refractivity contribution is 5.95. The quantitative estimate of drug-likeness (QED) is 0.869. The Labute approximate surface area is 154 Å². The summed E-state index contributed by atoms with van der Waals surface area (Å²) in [4.78, 5) is 17.3. The Balaban J connectivity index is 1.71. The summed E-state index contributed by atoms with van der Waals surface area (Å²) in [6.45, 7) is 6.76. The summed E-state index contributed by atoms with van der Waals surface area (Å²) >= 11 is 0. The zero-order chi connectivity index (χ0) is 18.5. The lowest BCUT2D eigenvalue weighted by Gasteiger charge is -2.45. The van der Waals surface area contributed by atoms with Crippen LogP contribution in [0.25, 0.3) is 0 Å². The van der Waals surface area contributed by atoms with Crippen LogP contribution in [0.15, 0.2) is 18.2 Å². The van der Waals surface area contributed by atoms with Crippen molar-refractivity contribution in [2.24, 2.45) is 5.92 Å². The molecule has 26 heavy (non-hydrogen) atoms. The summed E-state index contributed by atoms with van der Waals surface area (Å²) in [7, 11) is 0. The van der Waals surface area contributed by atoms with Crippen LogP contribution >= 0.6 is 0 Å². The molecular weight excluding hydrogens is 335 g/mol. The molecule has 2 heterocycles. The van der Waals surface area contributed by atoms with Crippen LogP contribution in [0, 0.1) is 18.7 Å². The third-order valence-electron chi connectivity index (χ3n) is 5.65. The number of amides is 1. The van der Waals surface area contributed by atoms with Crippen LogP contribution < -0.4 is 0 Å². The number of benzene rings is 1. The van der Waals surface area contributed by atoms with Gasteiger partial charge in [-0.1, -0.05) is 0 Å². The predicted octanol–water partition coefficient (Wildman–Crippen LogP) is 2.07. The average Bonchev–Trinajstić information content (AvgIpc) is 2.66. The van der Waals surface area contributed by atoms with E-state index < -0.39 is 0 Å². The molecule has 0 radical (unpaired) electrons. The number of halogens is 1. The first-order chi connectivity index (χ1) is 12.6. The highest BCUT2D eigenvalue weighted by Gasteiger charge is 2.35. The molecule has 3 rings (SSSR count). The molecule has 0 aromatic heterocycles. The Hall–Kier alpha value is -1.50. The predicted molar refractivity (Wildman–Crippen MR) is 97.6 cm³/mol. The Morgan fingerprint density at radius 1 is 1.31 bits per heavy atom. The molecule has 6 heteroatoms. The first-order valence-corrected chi connectivity index (χ1v) is 9.58. The lowest BCUT2D eigenvalue weighted by Crippen LogP contribution is -2.55. The van der Waals surface area contributed by atoms with Gasteiger partial charge in [-0.3, -0.25) is 9.69 Å². The number of hydrogen-bond acceptors (Lipinski definition) is 4. The summed E-state index contributed by atoms with van der Waals surface area (Å²) in [5.74, 6) is 0.0153. The van der Waals surface area contributed by atoms with E-state index in [1.165, 1.54) is 12.1 Å². The van der Waals surface area contributed by atoms with Gasteiger partial charge in [0, 0.05) is 44.4 Å². The van der Waals surface area contributed by atoms with Crippen molar-refractivity contribution in [3.8, 4) is 0 Å². The highest BCUT2D eigenvalue weighted by atomic mass is 19.1. The molecule has 2 aliphatic rings. The van der Waals surface area contributed by atoms with Crippen molar-refractivity contribution < 1.29 is 19.0 Å². The standard InChI is InChI=1S/C20H29FN2O3/c1-15-13-17(21)4-5-18(15)20(25)23-7-6-19(16(14-23)3-2-10-24)22-8-11-26-12-9-22/h4-5,13,16,19,24H,2-3,6-12,14H2,1H3/t16-,19+/m1/s1. The van der Waals surface area contributed by atoms with Gasteiger partial charge in [-0.2, -0.15) is 0 Å². The van der Waals surface area contributed by atoms with E-state index in [0.717, 1.165) is 45.6 Å². The van der Waals surface area contributed by atoms with Crippen molar-refractivity contribution in [3.05, 3.63) is 35.1 Å². The number of likely N-dealkylation sites (tertiary alicyclic amines) is 1. The number of rotatable bonds is 5. The zero-order valence-electron chi connectivity index (χ0n) is 15.5. The monoisotopic (exact) mass is 364 g/mol. The summed E-state index contributed by atoms with van der Waals surface area (Å²) in [5, 5.41) is 9.26.